The first-order chi connectivity index (χ1) is 9.94. The van der Waals surface area contributed by atoms with E-state index in [4.69, 9.17) is 15.1 Å². The van der Waals surface area contributed by atoms with Crippen molar-refractivity contribution in [3.8, 4) is 0 Å². The lowest BCUT2D eigenvalue weighted by atomic mass is 9.69. The van der Waals surface area contributed by atoms with Crippen molar-refractivity contribution in [1.82, 2.24) is 4.98 Å². The van der Waals surface area contributed by atoms with Crippen LogP contribution in [0.3, 0.4) is 0 Å². The van der Waals surface area contributed by atoms with Crippen LogP contribution in [0.25, 0.3) is 11.1 Å². The van der Waals surface area contributed by atoms with E-state index in [9.17, 15) is 0 Å². The Morgan fingerprint density at radius 3 is 2.52 bits per heavy atom. The van der Waals surface area contributed by atoms with Crippen LogP contribution in [-0.4, -0.2) is 11.5 Å². The minimum Gasteiger partial charge on any atom is -0.440 e. The number of benzene rings is 1. The summed E-state index contributed by atoms with van der Waals surface area (Å²) in [5.41, 5.74) is 9.42. The molecule has 1 aromatic carbocycles. The van der Waals surface area contributed by atoms with E-state index >= 15 is 0 Å². The standard InChI is InChI=1S/C18H26N2O/c1-17(2,3)16-20-14-11-13(7-8-15(14)21-16)18(12-19)9-5-4-6-10-18/h7-8,11H,4-6,9-10,12,19H2,1-3H3. The van der Waals surface area contributed by atoms with Gasteiger partial charge >= 0.3 is 0 Å². The maximum Gasteiger partial charge on any atom is 0.200 e. The molecule has 1 aliphatic carbocycles. The summed E-state index contributed by atoms with van der Waals surface area (Å²) in [6, 6.07) is 6.46. The summed E-state index contributed by atoms with van der Waals surface area (Å²) in [5, 5.41) is 0. The van der Waals surface area contributed by atoms with Gasteiger partial charge in [-0.3, -0.25) is 0 Å². The van der Waals surface area contributed by atoms with E-state index in [0.29, 0.717) is 0 Å². The van der Waals surface area contributed by atoms with Gasteiger partial charge in [-0.1, -0.05) is 46.1 Å². The van der Waals surface area contributed by atoms with Gasteiger partial charge in [-0.25, -0.2) is 4.98 Å². The number of hydrogen-bond donors (Lipinski definition) is 1. The number of fused-ring (bicyclic) bond motifs is 1. The average Bonchev–Trinajstić information content (AvgIpc) is 2.91. The molecule has 1 heterocycles. The van der Waals surface area contributed by atoms with Gasteiger partial charge in [0.1, 0.15) is 5.52 Å². The van der Waals surface area contributed by atoms with Crippen molar-refractivity contribution in [2.24, 2.45) is 5.73 Å². The molecule has 0 aliphatic heterocycles. The third kappa shape index (κ3) is 2.59. The molecule has 0 amide bonds. The predicted molar refractivity (Wildman–Crippen MR) is 86.5 cm³/mol. The Labute approximate surface area is 126 Å². The first-order valence-electron chi connectivity index (χ1n) is 8.06. The fourth-order valence-corrected chi connectivity index (χ4v) is 3.42. The van der Waals surface area contributed by atoms with Gasteiger partial charge in [0, 0.05) is 17.4 Å². The van der Waals surface area contributed by atoms with E-state index in [0.717, 1.165) is 23.5 Å². The third-order valence-electron chi connectivity index (χ3n) is 4.84. The smallest absolute Gasteiger partial charge is 0.200 e. The van der Waals surface area contributed by atoms with Gasteiger partial charge < -0.3 is 10.2 Å². The zero-order valence-electron chi connectivity index (χ0n) is 13.4. The quantitative estimate of drug-likeness (QED) is 0.896. The highest BCUT2D eigenvalue weighted by Gasteiger charge is 2.33. The molecule has 21 heavy (non-hydrogen) atoms. The minimum absolute atomic E-state index is 0.0599. The highest BCUT2D eigenvalue weighted by Crippen LogP contribution is 2.39. The molecule has 0 unspecified atom stereocenters. The second kappa shape index (κ2) is 5.13. The van der Waals surface area contributed by atoms with Gasteiger partial charge in [0.25, 0.3) is 0 Å². The summed E-state index contributed by atoms with van der Waals surface area (Å²) in [4.78, 5) is 4.70. The maximum atomic E-state index is 6.14. The normalized spacial score (nSPS) is 19.0. The van der Waals surface area contributed by atoms with Crippen LogP contribution in [0.5, 0.6) is 0 Å². The second-order valence-corrected chi connectivity index (χ2v) is 7.50. The Bertz CT molecular complexity index is 630. The number of rotatable bonds is 2. The number of aromatic nitrogens is 1. The molecule has 1 aromatic heterocycles. The third-order valence-corrected chi connectivity index (χ3v) is 4.84. The second-order valence-electron chi connectivity index (χ2n) is 7.50. The van der Waals surface area contributed by atoms with E-state index < -0.39 is 0 Å². The molecule has 3 rings (SSSR count). The zero-order chi connectivity index (χ0) is 15.1. The van der Waals surface area contributed by atoms with E-state index in [2.05, 4.69) is 39.0 Å². The van der Waals surface area contributed by atoms with Crippen molar-refractivity contribution in [1.29, 1.82) is 0 Å². The first-order valence-corrected chi connectivity index (χ1v) is 8.06. The molecule has 2 N–H and O–H groups in total. The molecule has 3 heteroatoms. The summed E-state index contributed by atoms with van der Waals surface area (Å²) in [6.45, 7) is 7.10. The monoisotopic (exact) mass is 286 g/mol. The molecule has 1 aliphatic rings. The largest absolute Gasteiger partial charge is 0.440 e. The molecule has 1 saturated carbocycles. The molecule has 0 bridgehead atoms. The number of oxazole rings is 1. The van der Waals surface area contributed by atoms with Gasteiger partial charge in [-0.15, -0.1) is 0 Å². The first kappa shape index (κ1) is 14.6. The van der Waals surface area contributed by atoms with Gasteiger partial charge in [-0.2, -0.15) is 0 Å². The molecule has 1 fully saturated rings. The Morgan fingerprint density at radius 2 is 1.90 bits per heavy atom. The van der Waals surface area contributed by atoms with Crippen molar-refractivity contribution in [3.05, 3.63) is 29.7 Å². The van der Waals surface area contributed by atoms with Crippen LogP contribution in [0.1, 0.15) is 64.3 Å². The molecule has 0 radical (unpaired) electrons. The van der Waals surface area contributed by atoms with E-state index in [1.807, 2.05) is 0 Å². The predicted octanol–water partition coefficient (Wildman–Crippen LogP) is 4.29. The minimum atomic E-state index is -0.0599. The molecule has 3 nitrogen and oxygen atoms in total. The zero-order valence-corrected chi connectivity index (χ0v) is 13.4. The summed E-state index contributed by atoms with van der Waals surface area (Å²) in [7, 11) is 0. The van der Waals surface area contributed by atoms with Crippen LogP contribution in [0.4, 0.5) is 0 Å². The summed E-state index contributed by atoms with van der Waals surface area (Å²) >= 11 is 0. The Morgan fingerprint density at radius 1 is 1.19 bits per heavy atom. The Hall–Kier alpha value is -1.35. The van der Waals surface area contributed by atoms with Gasteiger partial charge in [0.15, 0.2) is 5.58 Å². The number of hydrogen-bond acceptors (Lipinski definition) is 3. The average molecular weight is 286 g/mol. The van der Waals surface area contributed by atoms with Crippen LogP contribution >= 0.6 is 0 Å². The Balaban J connectivity index is 2.04. The SMILES string of the molecule is CC(C)(C)c1nc2cc(C3(CN)CCCCC3)ccc2o1. The van der Waals surface area contributed by atoms with Crippen LogP contribution in [0, 0.1) is 0 Å². The highest BCUT2D eigenvalue weighted by molar-refractivity contribution is 5.74. The fraction of sp³-hybridized carbons (Fsp3) is 0.611. The fourth-order valence-electron chi connectivity index (χ4n) is 3.42. The lowest BCUT2D eigenvalue weighted by Crippen LogP contribution is -2.37. The lowest BCUT2D eigenvalue weighted by Gasteiger charge is -2.36. The van der Waals surface area contributed by atoms with Crippen LogP contribution in [0.15, 0.2) is 22.6 Å². The van der Waals surface area contributed by atoms with Crippen molar-refractivity contribution >= 4 is 11.1 Å². The molecule has 0 atom stereocenters. The molecule has 2 aromatic rings. The van der Waals surface area contributed by atoms with Gasteiger partial charge in [0.2, 0.25) is 5.89 Å². The molecule has 0 saturated heterocycles. The van der Waals surface area contributed by atoms with Gasteiger partial charge in [-0.05, 0) is 30.5 Å². The lowest BCUT2D eigenvalue weighted by molar-refractivity contribution is 0.301. The van der Waals surface area contributed by atoms with Crippen molar-refractivity contribution in [2.45, 2.75) is 63.7 Å². The summed E-state index contributed by atoms with van der Waals surface area (Å²) in [6.07, 6.45) is 6.28. The molecular formula is C18H26N2O. The van der Waals surface area contributed by atoms with Gasteiger partial charge in [0.05, 0.1) is 0 Å². The maximum absolute atomic E-state index is 6.14. The molecular weight excluding hydrogens is 260 g/mol. The van der Waals surface area contributed by atoms with Crippen molar-refractivity contribution in [2.75, 3.05) is 6.54 Å². The summed E-state index contributed by atoms with van der Waals surface area (Å²) in [5.74, 6) is 0.806. The number of nitrogens with two attached hydrogens (primary N) is 1. The van der Waals surface area contributed by atoms with Crippen LogP contribution < -0.4 is 5.73 Å². The van der Waals surface area contributed by atoms with Crippen LogP contribution in [0.2, 0.25) is 0 Å². The highest BCUT2D eigenvalue weighted by atomic mass is 16.3. The Kier molecular flexibility index (Phi) is 3.56. The number of nitrogens with zero attached hydrogens (tertiary/aromatic N) is 1. The van der Waals surface area contributed by atoms with Crippen molar-refractivity contribution < 1.29 is 4.42 Å². The van der Waals surface area contributed by atoms with E-state index in [1.165, 1.54) is 37.7 Å². The van der Waals surface area contributed by atoms with Crippen molar-refractivity contribution in [3.63, 3.8) is 0 Å². The van der Waals surface area contributed by atoms with E-state index in [-0.39, 0.29) is 10.8 Å². The van der Waals surface area contributed by atoms with E-state index in [1.54, 1.807) is 0 Å². The topological polar surface area (TPSA) is 52.0 Å². The molecule has 0 spiro atoms. The molecule has 114 valence electrons. The summed E-state index contributed by atoms with van der Waals surface area (Å²) < 4.78 is 5.90. The van der Waals surface area contributed by atoms with Crippen LogP contribution in [-0.2, 0) is 10.8 Å².